The van der Waals surface area contributed by atoms with E-state index in [1.54, 1.807) is 6.92 Å². The summed E-state index contributed by atoms with van der Waals surface area (Å²) in [6.07, 6.45) is 14.4. The van der Waals surface area contributed by atoms with E-state index in [1.807, 2.05) is 0 Å². The highest BCUT2D eigenvalue weighted by atomic mass is 16.1. The van der Waals surface area contributed by atoms with Gasteiger partial charge in [-0.1, -0.05) is 58.3 Å². The maximum Gasteiger partial charge on any atom is 0.135 e. The predicted octanol–water partition coefficient (Wildman–Crippen LogP) is 4.89. The molecule has 0 bridgehead atoms. The summed E-state index contributed by atoms with van der Waals surface area (Å²) >= 11 is 0. The van der Waals surface area contributed by atoms with Crippen molar-refractivity contribution in [3.63, 3.8) is 0 Å². The average molecular weight is 224 g/mol. The largest absolute Gasteiger partial charge is 0.299 e. The molecule has 0 unspecified atom stereocenters. The second-order valence-electron chi connectivity index (χ2n) is 5.56. The van der Waals surface area contributed by atoms with Crippen molar-refractivity contribution < 1.29 is 4.79 Å². The maximum atomic E-state index is 11.4. The van der Waals surface area contributed by atoms with E-state index in [0.29, 0.717) is 5.78 Å². The van der Waals surface area contributed by atoms with E-state index in [4.69, 9.17) is 0 Å². The van der Waals surface area contributed by atoms with Crippen molar-refractivity contribution >= 4 is 5.78 Å². The first-order chi connectivity index (χ1) is 7.71. The molecule has 0 heterocycles. The molecule has 0 aromatic carbocycles. The Morgan fingerprint density at radius 3 is 1.88 bits per heavy atom. The van der Waals surface area contributed by atoms with Crippen LogP contribution in [0.2, 0.25) is 0 Å². The van der Waals surface area contributed by atoms with Crippen molar-refractivity contribution in [2.75, 3.05) is 0 Å². The van der Waals surface area contributed by atoms with Gasteiger partial charge in [0.2, 0.25) is 0 Å². The summed E-state index contributed by atoms with van der Waals surface area (Å²) in [5.74, 6) is 0.440. The van der Waals surface area contributed by atoms with Crippen molar-refractivity contribution in [1.29, 1.82) is 0 Å². The summed E-state index contributed by atoms with van der Waals surface area (Å²) < 4.78 is 0. The molecule has 1 saturated carbocycles. The lowest BCUT2D eigenvalue weighted by atomic mass is 9.94. The quantitative estimate of drug-likeness (QED) is 0.483. The summed E-state index contributed by atoms with van der Waals surface area (Å²) in [5.41, 5.74) is 0.155. The molecule has 0 aromatic heterocycles. The van der Waals surface area contributed by atoms with Gasteiger partial charge >= 0.3 is 0 Å². The molecule has 0 radical (unpaired) electrons. The number of Topliss-reactive ketones (excluding diaryl/α,β-unsaturated/α-hetero) is 1. The zero-order valence-electron chi connectivity index (χ0n) is 11.2. The van der Waals surface area contributed by atoms with Crippen LogP contribution in [0.15, 0.2) is 0 Å². The lowest BCUT2D eigenvalue weighted by Crippen LogP contribution is -2.11. The normalized spacial score (nSPS) is 17.4. The Hall–Kier alpha value is -0.330. The highest BCUT2D eigenvalue weighted by Crippen LogP contribution is 2.50. The van der Waals surface area contributed by atoms with Gasteiger partial charge in [0.15, 0.2) is 0 Å². The molecule has 0 saturated heterocycles. The van der Waals surface area contributed by atoms with Crippen LogP contribution in [0.5, 0.6) is 0 Å². The number of carbonyl (C=O) groups excluding carboxylic acids is 1. The van der Waals surface area contributed by atoms with Crippen LogP contribution in [0, 0.1) is 5.41 Å². The summed E-state index contributed by atoms with van der Waals surface area (Å²) in [6, 6.07) is 0. The lowest BCUT2D eigenvalue weighted by molar-refractivity contribution is -0.122. The summed E-state index contributed by atoms with van der Waals surface area (Å²) in [5, 5.41) is 0. The third kappa shape index (κ3) is 4.67. The number of hydrogen-bond acceptors (Lipinski definition) is 1. The third-order valence-corrected chi connectivity index (χ3v) is 4.11. The molecule has 1 fully saturated rings. The molecule has 1 nitrogen and oxygen atoms in total. The average Bonchev–Trinajstić information content (AvgIpc) is 3.03. The highest BCUT2D eigenvalue weighted by Gasteiger charge is 2.45. The second-order valence-corrected chi connectivity index (χ2v) is 5.56. The summed E-state index contributed by atoms with van der Waals surface area (Å²) in [6.45, 7) is 4.04. The fraction of sp³-hybridized carbons (Fsp3) is 0.933. The van der Waals surface area contributed by atoms with Gasteiger partial charge in [0, 0.05) is 5.41 Å². The van der Waals surface area contributed by atoms with Crippen LogP contribution in [-0.4, -0.2) is 5.78 Å². The van der Waals surface area contributed by atoms with Gasteiger partial charge in [0.25, 0.3) is 0 Å². The van der Waals surface area contributed by atoms with Crippen LogP contribution < -0.4 is 0 Å². The van der Waals surface area contributed by atoms with Gasteiger partial charge in [-0.3, -0.25) is 4.79 Å². The minimum atomic E-state index is 0.155. The molecule has 1 aliphatic carbocycles. The van der Waals surface area contributed by atoms with Gasteiger partial charge in [-0.15, -0.1) is 0 Å². The van der Waals surface area contributed by atoms with E-state index in [9.17, 15) is 4.79 Å². The fourth-order valence-corrected chi connectivity index (χ4v) is 2.53. The summed E-state index contributed by atoms with van der Waals surface area (Å²) in [7, 11) is 0. The molecule has 94 valence electrons. The minimum Gasteiger partial charge on any atom is -0.299 e. The number of ketones is 1. The third-order valence-electron chi connectivity index (χ3n) is 4.11. The molecule has 0 amide bonds. The van der Waals surface area contributed by atoms with Crippen molar-refractivity contribution in [3.8, 4) is 0 Å². The Balaban J connectivity index is 1.87. The van der Waals surface area contributed by atoms with E-state index in [0.717, 1.165) is 6.42 Å². The van der Waals surface area contributed by atoms with E-state index in [1.165, 1.54) is 64.2 Å². The molecule has 1 aliphatic rings. The van der Waals surface area contributed by atoms with Crippen LogP contribution in [0.1, 0.15) is 84.5 Å². The van der Waals surface area contributed by atoms with Crippen LogP contribution in [0.4, 0.5) is 0 Å². The second kappa shape index (κ2) is 7.09. The topological polar surface area (TPSA) is 17.1 Å². The number of unbranched alkanes of at least 4 members (excludes halogenated alkanes) is 7. The van der Waals surface area contributed by atoms with Crippen molar-refractivity contribution in [1.82, 2.24) is 0 Å². The molecule has 1 heteroatoms. The van der Waals surface area contributed by atoms with Gasteiger partial charge in [-0.25, -0.2) is 0 Å². The zero-order chi connectivity index (χ0) is 11.9. The Kier molecular flexibility index (Phi) is 6.08. The fourth-order valence-electron chi connectivity index (χ4n) is 2.53. The van der Waals surface area contributed by atoms with E-state index in [2.05, 4.69) is 6.92 Å². The Morgan fingerprint density at radius 2 is 1.44 bits per heavy atom. The van der Waals surface area contributed by atoms with Crippen LogP contribution >= 0.6 is 0 Å². The molecule has 0 aromatic rings. The van der Waals surface area contributed by atoms with Gasteiger partial charge in [-0.2, -0.15) is 0 Å². The number of hydrogen-bond donors (Lipinski definition) is 0. The number of rotatable bonds is 10. The van der Waals surface area contributed by atoms with E-state index < -0.39 is 0 Å². The first kappa shape index (κ1) is 13.7. The Morgan fingerprint density at radius 1 is 0.938 bits per heavy atom. The van der Waals surface area contributed by atoms with Crippen molar-refractivity contribution in [2.45, 2.75) is 84.5 Å². The summed E-state index contributed by atoms with van der Waals surface area (Å²) in [4.78, 5) is 11.4. The molecule has 16 heavy (non-hydrogen) atoms. The van der Waals surface area contributed by atoms with Crippen LogP contribution in [0.3, 0.4) is 0 Å². The van der Waals surface area contributed by atoms with Gasteiger partial charge in [0.05, 0.1) is 0 Å². The van der Waals surface area contributed by atoms with Gasteiger partial charge in [0.1, 0.15) is 5.78 Å². The first-order valence-corrected chi connectivity index (χ1v) is 7.22. The van der Waals surface area contributed by atoms with Crippen molar-refractivity contribution in [2.24, 2.45) is 5.41 Å². The minimum absolute atomic E-state index is 0.155. The molecule has 1 rings (SSSR count). The van der Waals surface area contributed by atoms with E-state index >= 15 is 0 Å². The van der Waals surface area contributed by atoms with Gasteiger partial charge < -0.3 is 0 Å². The zero-order valence-corrected chi connectivity index (χ0v) is 11.2. The predicted molar refractivity (Wildman–Crippen MR) is 69.6 cm³/mol. The highest BCUT2D eigenvalue weighted by molar-refractivity contribution is 5.84. The molecule has 0 aliphatic heterocycles. The molecule has 0 spiro atoms. The first-order valence-electron chi connectivity index (χ1n) is 7.22. The SMILES string of the molecule is CCCCCCCCCCC1(C(C)=O)CC1. The van der Waals surface area contributed by atoms with Crippen molar-refractivity contribution in [3.05, 3.63) is 0 Å². The van der Waals surface area contributed by atoms with Crippen LogP contribution in [0.25, 0.3) is 0 Å². The van der Waals surface area contributed by atoms with E-state index in [-0.39, 0.29) is 5.41 Å². The Bertz CT molecular complexity index is 203. The maximum absolute atomic E-state index is 11.4. The lowest BCUT2D eigenvalue weighted by Gasteiger charge is -2.10. The molecule has 0 atom stereocenters. The Labute approximate surface area is 101 Å². The molecular formula is C15H28O. The monoisotopic (exact) mass is 224 g/mol. The standard InChI is InChI=1S/C15H28O/c1-3-4-5-6-7-8-9-10-11-15(12-13-15)14(2)16/h3-13H2,1-2H3. The molecular weight excluding hydrogens is 196 g/mol. The van der Waals surface area contributed by atoms with Gasteiger partial charge in [-0.05, 0) is 26.2 Å². The smallest absolute Gasteiger partial charge is 0.135 e. The molecule has 0 N–H and O–H groups in total. The number of carbonyl (C=O) groups is 1. The van der Waals surface area contributed by atoms with Crippen LogP contribution in [-0.2, 0) is 4.79 Å².